The van der Waals surface area contributed by atoms with Crippen molar-refractivity contribution in [2.75, 3.05) is 6.61 Å². The monoisotopic (exact) mass is 255 g/mol. The van der Waals surface area contributed by atoms with Crippen LogP contribution in [0.15, 0.2) is 54.6 Å². The average Bonchev–Trinajstić information content (AvgIpc) is 2.46. The van der Waals surface area contributed by atoms with Crippen LogP contribution < -0.4 is 10.5 Å². The molecule has 19 heavy (non-hydrogen) atoms. The fourth-order valence-corrected chi connectivity index (χ4v) is 2.15. The first-order chi connectivity index (χ1) is 9.29. The molecule has 0 heterocycles. The van der Waals surface area contributed by atoms with Crippen molar-refractivity contribution < 1.29 is 4.74 Å². The molecule has 0 saturated carbocycles. The van der Waals surface area contributed by atoms with Crippen molar-refractivity contribution in [1.82, 2.24) is 0 Å². The van der Waals surface area contributed by atoms with Gasteiger partial charge in [0.1, 0.15) is 5.75 Å². The zero-order chi connectivity index (χ0) is 13.5. The van der Waals surface area contributed by atoms with Crippen LogP contribution in [0.1, 0.15) is 30.5 Å². The molecule has 0 aromatic heterocycles. The van der Waals surface area contributed by atoms with E-state index in [9.17, 15) is 0 Å². The van der Waals surface area contributed by atoms with E-state index in [0.29, 0.717) is 6.61 Å². The molecule has 0 aliphatic rings. The van der Waals surface area contributed by atoms with Gasteiger partial charge < -0.3 is 10.5 Å². The minimum atomic E-state index is 0.0944. The number of benzene rings is 2. The van der Waals surface area contributed by atoms with Gasteiger partial charge >= 0.3 is 0 Å². The normalized spacial score (nSPS) is 12.1. The van der Waals surface area contributed by atoms with E-state index in [2.05, 4.69) is 24.3 Å². The molecule has 0 aliphatic heterocycles. The molecular formula is C17H21NO. The summed E-state index contributed by atoms with van der Waals surface area (Å²) in [5.74, 6) is 0.938. The van der Waals surface area contributed by atoms with Crippen LogP contribution in [0.4, 0.5) is 0 Å². The molecule has 2 rings (SSSR count). The number of aryl methyl sites for hydroxylation is 1. The average molecular weight is 255 g/mol. The van der Waals surface area contributed by atoms with E-state index in [4.69, 9.17) is 10.5 Å². The summed E-state index contributed by atoms with van der Waals surface area (Å²) in [5.41, 5.74) is 8.68. The lowest BCUT2D eigenvalue weighted by molar-refractivity contribution is 0.340. The van der Waals surface area contributed by atoms with Crippen LogP contribution in [0.5, 0.6) is 5.75 Å². The minimum Gasteiger partial charge on any atom is -0.494 e. The van der Waals surface area contributed by atoms with Gasteiger partial charge in [0.2, 0.25) is 0 Å². The first-order valence-corrected chi connectivity index (χ1v) is 6.82. The van der Waals surface area contributed by atoms with Gasteiger partial charge in [-0.1, -0.05) is 42.5 Å². The van der Waals surface area contributed by atoms with Crippen LogP contribution in [-0.2, 0) is 6.42 Å². The summed E-state index contributed by atoms with van der Waals surface area (Å²) in [6, 6.07) is 18.6. The Morgan fingerprint density at radius 3 is 2.58 bits per heavy atom. The maximum absolute atomic E-state index is 6.21. The third-order valence-electron chi connectivity index (χ3n) is 3.18. The quantitative estimate of drug-likeness (QED) is 0.854. The fourth-order valence-electron chi connectivity index (χ4n) is 2.15. The molecule has 2 N–H and O–H groups in total. The number of nitrogens with two attached hydrogens (primary N) is 1. The zero-order valence-corrected chi connectivity index (χ0v) is 11.4. The van der Waals surface area contributed by atoms with Gasteiger partial charge in [0.15, 0.2) is 0 Å². The third kappa shape index (κ3) is 4.11. The van der Waals surface area contributed by atoms with Crippen LogP contribution in [-0.4, -0.2) is 6.61 Å². The molecule has 100 valence electrons. The standard InChI is InChI=1S/C17H21NO/c1-2-19-16-10-6-7-14(13-16)11-12-17(18)15-8-4-3-5-9-15/h3-10,13,17H,2,11-12,18H2,1H3. The van der Waals surface area contributed by atoms with E-state index in [1.165, 1.54) is 11.1 Å². The van der Waals surface area contributed by atoms with E-state index < -0.39 is 0 Å². The summed E-state index contributed by atoms with van der Waals surface area (Å²) in [6.07, 6.45) is 1.91. The van der Waals surface area contributed by atoms with Crippen molar-refractivity contribution in [1.29, 1.82) is 0 Å². The Morgan fingerprint density at radius 2 is 1.84 bits per heavy atom. The molecule has 0 radical (unpaired) electrons. The molecule has 0 bridgehead atoms. The molecule has 2 aromatic rings. The molecule has 0 amide bonds. The number of hydrogen-bond acceptors (Lipinski definition) is 2. The van der Waals surface area contributed by atoms with Crippen molar-refractivity contribution in [3.63, 3.8) is 0 Å². The van der Waals surface area contributed by atoms with Crippen molar-refractivity contribution in [3.05, 3.63) is 65.7 Å². The maximum atomic E-state index is 6.21. The second-order valence-corrected chi connectivity index (χ2v) is 4.64. The first-order valence-electron chi connectivity index (χ1n) is 6.82. The summed E-state index contributed by atoms with van der Waals surface area (Å²) >= 11 is 0. The zero-order valence-electron chi connectivity index (χ0n) is 11.4. The van der Waals surface area contributed by atoms with Gasteiger partial charge in [0.25, 0.3) is 0 Å². The van der Waals surface area contributed by atoms with Crippen LogP contribution >= 0.6 is 0 Å². The van der Waals surface area contributed by atoms with E-state index in [1.54, 1.807) is 0 Å². The molecule has 1 atom stereocenters. The van der Waals surface area contributed by atoms with E-state index in [0.717, 1.165) is 18.6 Å². The Bertz CT molecular complexity index is 496. The van der Waals surface area contributed by atoms with Gasteiger partial charge in [-0.15, -0.1) is 0 Å². The van der Waals surface area contributed by atoms with Crippen molar-refractivity contribution in [2.45, 2.75) is 25.8 Å². The lowest BCUT2D eigenvalue weighted by atomic mass is 10.00. The predicted molar refractivity (Wildman–Crippen MR) is 79.3 cm³/mol. The minimum absolute atomic E-state index is 0.0944. The molecule has 2 heteroatoms. The summed E-state index contributed by atoms with van der Waals surface area (Å²) < 4.78 is 5.51. The SMILES string of the molecule is CCOc1cccc(CCC(N)c2ccccc2)c1. The van der Waals surface area contributed by atoms with Crippen LogP contribution in [0.2, 0.25) is 0 Å². The van der Waals surface area contributed by atoms with Crippen molar-refractivity contribution in [3.8, 4) is 5.75 Å². The van der Waals surface area contributed by atoms with E-state index in [1.807, 2.05) is 37.3 Å². The second kappa shape index (κ2) is 6.95. The van der Waals surface area contributed by atoms with E-state index >= 15 is 0 Å². The molecule has 2 aromatic carbocycles. The molecular weight excluding hydrogens is 234 g/mol. The summed E-state index contributed by atoms with van der Waals surface area (Å²) in [7, 11) is 0. The molecule has 0 aliphatic carbocycles. The second-order valence-electron chi connectivity index (χ2n) is 4.64. The lowest BCUT2D eigenvalue weighted by Gasteiger charge is -2.12. The number of ether oxygens (including phenoxy) is 1. The highest BCUT2D eigenvalue weighted by Crippen LogP contribution is 2.19. The molecule has 0 spiro atoms. The predicted octanol–water partition coefficient (Wildman–Crippen LogP) is 3.72. The third-order valence-corrected chi connectivity index (χ3v) is 3.18. The Labute approximate surface area is 115 Å². The van der Waals surface area contributed by atoms with Gasteiger partial charge in [-0.05, 0) is 43.0 Å². The number of hydrogen-bond donors (Lipinski definition) is 1. The maximum Gasteiger partial charge on any atom is 0.119 e. The molecule has 2 nitrogen and oxygen atoms in total. The van der Waals surface area contributed by atoms with Crippen molar-refractivity contribution in [2.24, 2.45) is 5.73 Å². The van der Waals surface area contributed by atoms with Gasteiger partial charge in [-0.25, -0.2) is 0 Å². The summed E-state index contributed by atoms with van der Waals surface area (Å²) in [5, 5.41) is 0. The van der Waals surface area contributed by atoms with Gasteiger partial charge in [-0.3, -0.25) is 0 Å². The molecule has 0 fully saturated rings. The Morgan fingerprint density at radius 1 is 1.05 bits per heavy atom. The topological polar surface area (TPSA) is 35.2 Å². The Balaban J connectivity index is 1.93. The molecule has 1 unspecified atom stereocenters. The lowest BCUT2D eigenvalue weighted by Crippen LogP contribution is -2.11. The van der Waals surface area contributed by atoms with E-state index in [-0.39, 0.29) is 6.04 Å². The first kappa shape index (κ1) is 13.6. The van der Waals surface area contributed by atoms with Crippen LogP contribution in [0.25, 0.3) is 0 Å². The molecule has 0 saturated heterocycles. The smallest absolute Gasteiger partial charge is 0.119 e. The largest absolute Gasteiger partial charge is 0.494 e. The van der Waals surface area contributed by atoms with Gasteiger partial charge in [-0.2, -0.15) is 0 Å². The van der Waals surface area contributed by atoms with Crippen LogP contribution in [0, 0.1) is 0 Å². The van der Waals surface area contributed by atoms with Gasteiger partial charge in [0, 0.05) is 6.04 Å². The highest BCUT2D eigenvalue weighted by atomic mass is 16.5. The Kier molecular flexibility index (Phi) is 4.99. The summed E-state index contributed by atoms with van der Waals surface area (Å²) in [4.78, 5) is 0. The van der Waals surface area contributed by atoms with Crippen LogP contribution in [0.3, 0.4) is 0 Å². The Hall–Kier alpha value is -1.80. The fraction of sp³-hybridized carbons (Fsp3) is 0.294. The number of rotatable bonds is 6. The highest BCUT2D eigenvalue weighted by Gasteiger charge is 2.06. The summed E-state index contributed by atoms with van der Waals surface area (Å²) in [6.45, 7) is 2.70. The van der Waals surface area contributed by atoms with Crippen molar-refractivity contribution >= 4 is 0 Å². The van der Waals surface area contributed by atoms with Gasteiger partial charge in [0.05, 0.1) is 6.61 Å². The highest BCUT2D eigenvalue weighted by molar-refractivity contribution is 5.29.